The number of nitrogens with two attached hydrogens (primary N) is 1. The Morgan fingerprint density at radius 1 is 1.88 bits per heavy atom. The van der Waals surface area contributed by atoms with E-state index in [0.29, 0.717) is 11.7 Å². The molecule has 8 heavy (non-hydrogen) atoms. The molecule has 0 aromatic heterocycles. The van der Waals surface area contributed by atoms with E-state index in [9.17, 15) is 0 Å². The molecule has 0 saturated carbocycles. The standard InChI is InChI=1S/C6H10N2/c1-5-2-3-6(7)8-4-5/h3-5H,2,7H2,1H3/t5-/m0/s1. The summed E-state index contributed by atoms with van der Waals surface area (Å²) >= 11 is 0. The molecule has 0 aliphatic carbocycles. The van der Waals surface area contributed by atoms with Crippen LogP contribution in [-0.2, 0) is 0 Å². The van der Waals surface area contributed by atoms with Crippen molar-refractivity contribution in [1.29, 1.82) is 0 Å². The largest absolute Gasteiger partial charge is 0.384 e. The molecule has 1 atom stereocenters. The second-order valence-corrected chi connectivity index (χ2v) is 2.12. The molecule has 1 rings (SSSR count). The van der Waals surface area contributed by atoms with Crippen molar-refractivity contribution < 1.29 is 0 Å². The molecule has 2 N–H and O–H groups in total. The van der Waals surface area contributed by atoms with Crippen molar-refractivity contribution in [3.8, 4) is 0 Å². The van der Waals surface area contributed by atoms with Crippen LogP contribution in [0.3, 0.4) is 0 Å². The van der Waals surface area contributed by atoms with E-state index >= 15 is 0 Å². The summed E-state index contributed by atoms with van der Waals surface area (Å²) in [5, 5.41) is 0. The smallest absolute Gasteiger partial charge is 0.118 e. The third-order valence-electron chi connectivity index (χ3n) is 1.18. The first-order chi connectivity index (χ1) is 3.79. The summed E-state index contributed by atoms with van der Waals surface area (Å²) in [6.45, 7) is 2.12. The maximum atomic E-state index is 5.36. The van der Waals surface area contributed by atoms with Crippen molar-refractivity contribution in [3.05, 3.63) is 11.9 Å². The van der Waals surface area contributed by atoms with Crippen LogP contribution in [0.2, 0.25) is 0 Å². The van der Waals surface area contributed by atoms with Gasteiger partial charge in [-0.3, -0.25) is 0 Å². The highest BCUT2D eigenvalue weighted by Crippen LogP contribution is 2.06. The van der Waals surface area contributed by atoms with Crippen LogP contribution in [0, 0.1) is 5.92 Å². The fourth-order valence-corrected chi connectivity index (χ4v) is 0.634. The van der Waals surface area contributed by atoms with Gasteiger partial charge in [0, 0.05) is 6.21 Å². The van der Waals surface area contributed by atoms with Crippen LogP contribution in [0.1, 0.15) is 13.3 Å². The minimum Gasteiger partial charge on any atom is -0.384 e. The van der Waals surface area contributed by atoms with Crippen molar-refractivity contribution in [1.82, 2.24) is 0 Å². The fraction of sp³-hybridized carbons (Fsp3) is 0.500. The first-order valence-electron chi connectivity index (χ1n) is 2.79. The lowest BCUT2D eigenvalue weighted by molar-refractivity contribution is 0.783. The van der Waals surface area contributed by atoms with Gasteiger partial charge in [0.1, 0.15) is 5.82 Å². The molecule has 0 amide bonds. The van der Waals surface area contributed by atoms with Gasteiger partial charge in [-0.15, -0.1) is 0 Å². The second kappa shape index (κ2) is 1.99. The molecule has 0 aromatic rings. The zero-order chi connectivity index (χ0) is 5.98. The molecule has 2 nitrogen and oxygen atoms in total. The molecular weight excluding hydrogens is 100 g/mol. The van der Waals surface area contributed by atoms with Crippen LogP contribution in [0.4, 0.5) is 0 Å². The highest BCUT2D eigenvalue weighted by Gasteiger charge is 1.99. The molecule has 0 unspecified atom stereocenters. The molecule has 44 valence electrons. The minimum absolute atomic E-state index is 0.572. The van der Waals surface area contributed by atoms with Gasteiger partial charge in [-0.05, 0) is 18.4 Å². The van der Waals surface area contributed by atoms with Gasteiger partial charge in [0.05, 0.1) is 0 Å². The molecule has 1 aliphatic rings. The van der Waals surface area contributed by atoms with Crippen molar-refractivity contribution in [2.24, 2.45) is 16.6 Å². The van der Waals surface area contributed by atoms with Crippen LogP contribution in [-0.4, -0.2) is 6.21 Å². The summed E-state index contributed by atoms with van der Waals surface area (Å²) in [7, 11) is 0. The average Bonchev–Trinajstić information content (AvgIpc) is 1.77. The quantitative estimate of drug-likeness (QED) is 0.494. The molecule has 1 heterocycles. The Kier molecular flexibility index (Phi) is 1.33. The number of hydrogen-bond donors (Lipinski definition) is 1. The van der Waals surface area contributed by atoms with Crippen LogP contribution in [0.15, 0.2) is 16.9 Å². The lowest BCUT2D eigenvalue weighted by Crippen LogP contribution is -2.04. The van der Waals surface area contributed by atoms with E-state index < -0.39 is 0 Å². The Labute approximate surface area is 49.1 Å². The van der Waals surface area contributed by atoms with E-state index in [2.05, 4.69) is 11.9 Å². The molecular formula is C6H10N2. The van der Waals surface area contributed by atoms with Crippen molar-refractivity contribution in [2.45, 2.75) is 13.3 Å². The Morgan fingerprint density at radius 3 is 3.00 bits per heavy atom. The maximum Gasteiger partial charge on any atom is 0.118 e. The van der Waals surface area contributed by atoms with E-state index in [0.717, 1.165) is 6.42 Å². The molecule has 0 bridgehead atoms. The topological polar surface area (TPSA) is 38.4 Å². The van der Waals surface area contributed by atoms with Gasteiger partial charge in [0.15, 0.2) is 0 Å². The summed E-state index contributed by atoms with van der Waals surface area (Å²) in [5.74, 6) is 1.23. The Balaban J connectivity index is 2.58. The van der Waals surface area contributed by atoms with E-state index in [1.54, 1.807) is 0 Å². The fourth-order valence-electron chi connectivity index (χ4n) is 0.634. The first-order valence-corrected chi connectivity index (χ1v) is 2.79. The normalized spacial score (nSPS) is 27.6. The van der Waals surface area contributed by atoms with Crippen LogP contribution in [0.5, 0.6) is 0 Å². The van der Waals surface area contributed by atoms with Crippen molar-refractivity contribution in [3.63, 3.8) is 0 Å². The van der Waals surface area contributed by atoms with E-state index in [1.807, 2.05) is 12.3 Å². The number of nitrogens with zero attached hydrogens (tertiary/aromatic N) is 1. The van der Waals surface area contributed by atoms with Gasteiger partial charge >= 0.3 is 0 Å². The summed E-state index contributed by atoms with van der Waals surface area (Å²) < 4.78 is 0. The van der Waals surface area contributed by atoms with E-state index in [1.165, 1.54) is 0 Å². The van der Waals surface area contributed by atoms with Gasteiger partial charge in [0.2, 0.25) is 0 Å². The molecule has 1 aliphatic heterocycles. The number of aliphatic imine (C=N–C) groups is 1. The molecule has 2 heteroatoms. The zero-order valence-electron chi connectivity index (χ0n) is 4.96. The van der Waals surface area contributed by atoms with Gasteiger partial charge < -0.3 is 5.73 Å². The second-order valence-electron chi connectivity index (χ2n) is 2.12. The number of rotatable bonds is 0. The predicted octanol–water partition coefficient (Wildman–Crippen LogP) is 0.897. The van der Waals surface area contributed by atoms with Gasteiger partial charge in [0.25, 0.3) is 0 Å². The maximum absolute atomic E-state index is 5.36. The Hall–Kier alpha value is -0.790. The zero-order valence-corrected chi connectivity index (χ0v) is 4.96. The molecule has 0 saturated heterocycles. The first kappa shape index (κ1) is 5.35. The highest BCUT2D eigenvalue weighted by molar-refractivity contribution is 5.63. The van der Waals surface area contributed by atoms with Gasteiger partial charge in [-0.25, -0.2) is 4.99 Å². The molecule has 0 radical (unpaired) electrons. The monoisotopic (exact) mass is 110 g/mol. The van der Waals surface area contributed by atoms with Gasteiger partial charge in [-0.2, -0.15) is 0 Å². The third-order valence-corrected chi connectivity index (χ3v) is 1.18. The third kappa shape index (κ3) is 1.09. The molecule has 0 fully saturated rings. The molecule has 0 spiro atoms. The number of allylic oxidation sites excluding steroid dienone is 1. The Morgan fingerprint density at radius 2 is 2.62 bits per heavy atom. The summed E-state index contributed by atoms with van der Waals surface area (Å²) in [6.07, 6.45) is 4.87. The summed E-state index contributed by atoms with van der Waals surface area (Å²) in [4.78, 5) is 3.92. The lowest BCUT2D eigenvalue weighted by atomic mass is 10.1. The van der Waals surface area contributed by atoms with Crippen molar-refractivity contribution >= 4 is 6.21 Å². The Bertz CT molecular complexity index is 135. The highest BCUT2D eigenvalue weighted by atomic mass is 14.9. The lowest BCUT2D eigenvalue weighted by Gasteiger charge is -2.05. The number of hydrogen-bond acceptors (Lipinski definition) is 2. The van der Waals surface area contributed by atoms with Crippen LogP contribution >= 0.6 is 0 Å². The summed E-state index contributed by atoms with van der Waals surface area (Å²) in [5.41, 5.74) is 5.36. The van der Waals surface area contributed by atoms with Gasteiger partial charge in [-0.1, -0.05) is 6.92 Å². The molecule has 0 aromatic carbocycles. The SMILES string of the molecule is C[C@@H]1C=NC(N)=CC1. The predicted molar refractivity (Wildman–Crippen MR) is 34.5 cm³/mol. The van der Waals surface area contributed by atoms with Crippen LogP contribution < -0.4 is 5.73 Å². The van der Waals surface area contributed by atoms with Crippen LogP contribution in [0.25, 0.3) is 0 Å². The van der Waals surface area contributed by atoms with E-state index in [4.69, 9.17) is 5.73 Å². The van der Waals surface area contributed by atoms with E-state index in [-0.39, 0.29) is 0 Å². The van der Waals surface area contributed by atoms with Crippen molar-refractivity contribution in [2.75, 3.05) is 0 Å². The summed E-state index contributed by atoms with van der Waals surface area (Å²) in [6, 6.07) is 0. The average molecular weight is 110 g/mol. The minimum atomic E-state index is 0.572.